The maximum absolute atomic E-state index is 12.9. The monoisotopic (exact) mass is 442 g/mol. The quantitative estimate of drug-likeness (QED) is 0.521. The maximum atomic E-state index is 12.9. The van der Waals surface area contributed by atoms with Crippen LogP contribution >= 0.6 is 0 Å². The first-order valence-corrected chi connectivity index (χ1v) is 10.9. The van der Waals surface area contributed by atoms with Crippen molar-refractivity contribution in [1.29, 1.82) is 0 Å². The second-order valence-electron chi connectivity index (χ2n) is 8.03. The molecule has 1 heterocycles. The fraction of sp³-hybridized carbons (Fsp3) is 0.222. The van der Waals surface area contributed by atoms with Gasteiger partial charge in [0.2, 0.25) is 0 Å². The van der Waals surface area contributed by atoms with Gasteiger partial charge in [-0.05, 0) is 17.5 Å². The fourth-order valence-electron chi connectivity index (χ4n) is 4.41. The predicted molar refractivity (Wildman–Crippen MR) is 126 cm³/mol. The standard InChI is InChI=1S/C27H26N2O4/c1-33-23(30)17-18-27(26(31)32)24(21-13-7-3-8-14-21)29(19-20-11-5-2-6-12-20)25(28-27)22-15-9-4-10-16-22/h2-16,24H,17-19H2,1H3,(H,31,32). The fourth-order valence-corrected chi connectivity index (χ4v) is 4.41. The highest BCUT2D eigenvalue weighted by atomic mass is 16.5. The molecule has 0 saturated heterocycles. The van der Waals surface area contributed by atoms with Gasteiger partial charge in [0, 0.05) is 18.5 Å². The summed E-state index contributed by atoms with van der Waals surface area (Å²) in [5.74, 6) is -0.926. The van der Waals surface area contributed by atoms with E-state index in [0.717, 1.165) is 16.7 Å². The molecule has 33 heavy (non-hydrogen) atoms. The molecular formula is C27H26N2O4. The third-order valence-corrected chi connectivity index (χ3v) is 5.99. The van der Waals surface area contributed by atoms with E-state index in [1.807, 2.05) is 95.9 Å². The normalized spacial score (nSPS) is 19.7. The van der Waals surface area contributed by atoms with Crippen LogP contribution in [0.15, 0.2) is 96.0 Å². The zero-order chi connectivity index (χ0) is 23.3. The van der Waals surface area contributed by atoms with Crippen LogP contribution in [0.3, 0.4) is 0 Å². The summed E-state index contributed by atoms with van der Waals surface area (Å²) in [4.78, 5) is 31.8. The van der Waals surface area contributed by atoms with Crippen LogP contribution in [0.25, 0.3) is 0 Å². The van der Waals surface area contributed by atoms with E-state index in [-0.39, 0.29) is 12.8 Å². The highest BCUT2D eigenvalue weighted by Crippen LogP contribution is 2.45. The number of aliphatic imine (C=N–C) groups is 1. The molecule has 0 aromatic heterocycles. The van der Waals surface area contributed by atoms with E-state index in [9.17, 15) is 14.7 Å². The second kappa shape index (κ2) is 9.69. The molecule has 2 unspecified atom stereocenters. The minimum absolute atomic E-state index is 0.0240. The third kappa shape index (κ3) is 4.51. The van der Waals surface area contributed by atoms with E-state index in [0.29, 0.717) is 12.4 Å². The van der Waals surface area contributed by atoms with E-state index in [4.69, 9.17) is 9.73 Å². The number of carbonyl (C=O) groups is 2. The van der Waals surface area contributed by atoms with Crippen LogP contribution in [0.4, 0.5) is 0 Å². The zero-order valence-electron chi connectivity index (χ0n) is 18.4. The predicted octanol–water partition coefficient (Wildman–Crippen LogP) is 4.47. The molecule has 3 aromatic rings. The average Bonchev–Trinajstić information content (AvgIpc) is 3.19. The molecule has 6 nitrogen and oxygen atoms in total. The highest BCUT2D eigenvalue weighted by molar-refractivity contribution is 6.04. The van der Waals surface area contributed by atoms with Crippen LogP contribution in [-0.2, 0) is 20.9 Å². The van der Waals surface area contributed by atoms with Crippen molar-refractivity contribution in [3.05, 3.63) is 108 Å². The van der Waals surface area contributed by atoms with Gasteiger partial charge in [-0.2, -0.15) is 0 Å². The summed E-state index contributed by atoms with van der Waals surface area (Å²) < 4.78 is 4.82. The van der Waals surface area contributed by atoms with E-state index >= 15 is 0 Å². The van der Waals surface area contributed by atoms with Crippen LogP contribution in [0.1, 0.15) is 35.6 Å². The summed E-state index contributed by atoms with van der Waals surface area (Å²) in [6.45, 7) is 0.474. The summed E-state index contributed by atoms with van der Waals surface area (Å²) in [6.07, 6.45) is -0.0208. The lowest BCUT2D eigenvalue weighted by Gasteiger charge is -2.36. The van der Waals surface area contributed by atoms with Crippen molar-refractivity contribution < 1.29 is 19.4 Å². The topological polar surface area (TPSA) is 79.2 Å². The van der Waals surface area contributed by atoms with Gasteiger partial charge in [0.15, 0.2) is 5.54 Å². The molecule has 6 heteroatoms. The van der Waals surface area contributed by atoms with Crippen LogP contribution in [0.2, 0.25) is 0 Å². The Bertz CT molecular complexity index is 1130. The number of methoxy groups -OCH3 is 1. The Kier molecular flexibility index (Phi) is 6.54. The average molecular weight is 443 g/mol. The molecule has 0 aliphatic carbocycles. The van der Waals surface area contributed by atoms with Crippen molar-refractivity contribution in [2.24, 2.45) is 4.99 Å². The van der Waals surface area contributed by atoms with E-state index < -0.39 is 23.5 Å². The van der Waals surface area contributed by atoms with Gasteiger partial charge in [-0.15, -0.1) is 0 Å². The molecule has 1 aliphatic heterocycles. The van der Waals surface area contributed by atoms with Crippen LogP contribution < -0.4 is 0 Å². The number of carboxylic acid groups (broad SMARTS) is 1. The molecule has 3 aromatic carbocycles. The smallest absolute Gasteiger partial charge is 0.334 e. The van der Waals surface area contributed by atoms with Gasteiger partial charge in [0.25, 0.3) is 0 Å². The largest absolute Gasteiger partial charge is 0.479 e. The molecule has 0 saturated carbocycles. The third-order valence-electron chi connectivity index (χ3n) is 5.99. The van der Waals surface area contributed by atoms with Gasteiger partial charge in [0.05, 0.1) is 13.2 Å². The van der Waals surface area contributed by atoms with E-state index in [2.05, 4.69) is 0 Å². The Morgan fingerprint density at radius 1 is 0.939 bits per heavy atom. The second-order valence-corrected chi connectivity index (χ2v) is 8.03. The Morgan fingerprint density at radius 3 is 2.09 bits per heavy atom. The number of esters is 1. The number of amidine groups is 1. The van der Waals surface area contributed by atoms with Crippen molar-refractivity contribution >= 4 is 17.8 Å². The van der Waals surface area contributed by atoms with Crippen molar-refractivity contribution in [1.82, 2.24) is 4.90 Å². The van der Waals surface area contributed by atoms with Crippen molar-refractivity contribution in [3.63, 3.8) is 0 Å². The van der Waals surface area contributed by atoms with Crippen LogP contribution in [-0.4, -0.2) is 40.4 Å². The van der Waals surface area contributed by atoms with Crippen molar-refractivity contribution in [2.75, 3.05) is 7.11 Å². The minimum Gasteiger partial charge on any atom is -0.479 e. The van der Waals surface area contributed by atoms with Gasteiger partial charge in [-0.25, -0.2) is 9.79 Å². The molecule has 1 N–H and O–H groups in total. The number of carbonyl (C=O) groups excluding carboxylic acids is 1. The van der Waals surface area contributed by atoms with Gasteiger partial charge in [0.1, 0.15) is 5.84 Å². The Hall–Kier alpha value is -3.93. The van der Waals surface area contributed by atoms with Crippen molar-refractivity contribution in [2.45, 2.75) is 31.0 Å². The summed E-state index contributed by atoms with van der Waals surface area (Å²) in [5, 5.41) is 10.5. The number of nitrogens with zero attached hydrogens (tertiary/aromatic N) is 2. The molecule has 168 valence electrons. The molecular weight excluding hydrogens is 416 g/mol. The summed E-state index contributed by atoms with van der Waals surface area (Å²) in [6, 6.07) is 28.4. The van der Waals surface area contributed by atoms with Crippen LogP contribution in [0, 0.1) is 0 Å². The number of hydrogen-bond donors (Lipinski definition) is 1. The number of aliphatic carboxylic acids is 1. The summed E-state index contributed by atoms with van der Waals surface area (Å²) >= 11 is 0. The molecule has 0 amide bonds. The molecule has 0 bridgehead atoms. The molecule has 1 aliphatic rings. The van der Waals surface area contributed by atoms with Gasteiger partial charge in [-0.3, -0.25) is 4.79 Å². The van der Waals surface area contributed by atoms with E-state index in [1.54, 1.807) is 0 Å². The lowest BCUT2D eigenvalue weighted by molar-refractivity contribution is -0.146. The van der Waals surface area contributed by atoms with Crippen molar-refractivity contribution in [3.8, 4) is 0 Å². The SMILES string of the molecule is COC(=O)CCC1(C(=O)O)N=C(c2ccccc2)N(Cc2ccccc2)C1c1ccccc1. The van der Waals surface area contributed by atoms with E-state index in [1.165, 1.54) is 7.11 Å². The number of benzene rings is 3. The summed E-state index contributed by atoms with van der Waals surface area (Å²) in [7, 11) is 1.31. The van der Waals surface area contributed by atoms with Gasteiger partial charge in [-0.1, -0.05) is 91.0 Å². The Labute approximate surface area is 193 Å². The maximum Gasteiger partial charge on any atom is 0.334 e. The van der Waals surface area contributed by atoms with Gasteiger partial charge < -0.3 is 14.7 Å². The number of carboxylic acids is 1. The number of hydrogen-bond acceptors (Lipinski definition) is 5. The Morgan fingerprint density at radius 2 is 1.52 bits per heavy atom. The minimum atomic E-state index is -1.55. The molecule has 0 fully saturated rings. The zero-order valence-corrected chi connectivity index (χ0v) is 18.4. The summed E-state index contributed by atoms with van der Waals surface area (Å²) in [5.41, 5.74) is 1.15. The van der Waals surface area contributed by atoms with Crippen LogP contribution in [0.5, 0.6) is 0 Å². The highest BCUT2D eigenvalue weighted by Gasteiger charge is 2.55. The van der Waals surface area contributed by atoms with Gasteiger partial charge >= 0.3 is 11.9 Å². The first-order chi connectivity index (χ1) is 16.0. The molecule has 0 spiro atoms. The first kappa shape index (κ1) is 22.3. The first-order valence-electron chi connectivity index (χ1n) is 10.9. The Balaban J connectivity index is 1.89. The lowest BCUT2D eigenvalue weighted by Crippen LogP contribution is -2.46. The molecule has 2 atom stereocenters. The number of rotatable bonds is 8. The molecule has 4 rings (SSSR count). The molecule has 0 radical (unpaired) electrons. The lowest BCUT2D eigenvalue weighted by atomic mass is 9.82. The number of ether oxygens (including phenoxy) is 1.